The summed E-state index contributed by atoms with van der Waals surface area (Å²) in [6, 6.07) is 7.60. The number of rotatable bonds is 5. The molecule has 2 atom stereocenters. The molecule has 1 amide bonds. The number of nitrogens with zero attached hydrogens (tertiary/aromatic N) is 4. The molecular weight excluding hydrogens is 342 g/mol. The second-order valence-electron chi connectivity index (χ2n) is 7.60. The number of piperidine rings is 2. The van der Waals surface area contributed by atoms with E-state index in [4.69, 9.17) is 0 Å². The highest BCUT2D eigenvalue weighted by Crippen LogP contribution is 2.31. The van der Waals surface area contributed by atoms with Crippen molar-refractivity contribution >= 4 is 11.6 Å². The Labute approximate surface area is 159 Å². The molecule has 4 rings (SSSR count). The van der Waals surface area contributed by atoms with Crippen LogP contribution in [0.3, 0.4) is 0 Å². The number of likely N-dealkylation sites (N-methyl/N-ethyl adjacent to an activating group) is 1. The van der Waals surface area contributed by atoms with Crippen molar-refractivity contribution in [2.24, 2.45) is 5.92 Å². The van der Waals surface area contributed by atoms with Crippen LogP contribution in [0.2, 0.25) is 0 Å². The minimum Gasteiger partial charge on any atom is -0.338 e. The molecule has 1 N–H and O–H groups in total. The van der Waals surface area contributed by atoms with Crippen LogP contribution in [0.1, 0.15) is 25.0 Å². The van der Waals surface area contributed by atoms with Gasteiger partial charge < -0.3 is 10.2 Å². The van der Waals surface area contributed by atoms with Crippen molar-refractivity contribution in [3.8, 4) is 0 Å². The zero-order chi connectivity index (χ0) is 18.8. The van der Waals surface area contributed by atoms with Crippen LogP contribution in [0, 0.1) is 5.92 Å². The summed E-state index contributed by atoms with van der Waals surface area (Å²) in [5.74, 6) is 0.805. The number of amides is 1. The predicted octanol–water partition coefficient (Wildman–Crippen LogP) is 0.727. The van der Waals surface area contributed by atoms with Crippen molar-refractivity contribution in [3.05, 3.63) is 46.5 Å². The SMILES string of the molecule is CNCCN1C(=O)CC[C@H]2CN(Cc3cc(=O)n4ccccc4n3)CC[C@H]21. The summed E-state index contributed by atoms with van der Waals surface area (Å²) in [6.45, 7) is 4.21. The molecule has 2 aliphatic heterocycles. The van der Waals surface area contributed by atoms with Gasteiger partial charge in [0.25, 0.3) is 5.56 Å². The molecule has 4 heterocycles. The first-order chi connectivity index (χ1) is 13.2. The smallest absolute Gasteiger partial charge is 0.258 e. The number of likely N-dealkylation sites (tertiary alicyclic amines) is 2. The molecule has 144 valence electrons. The molecule has 2 aromatic rings. The van der Waals surface area contributed by atoms with E-state index in [1.54, 1.807) is 16.7 Å². The summed E-state index contributed by atoms with van der Waals surface area (Å²) in [5.41, 5.74) is 1.48. The van der Waals surface area contributed by atoms with E-state index in [9.17, 15) is 9.59 Å². The first kappa shape index (κ1) is 18.1. The molecule has 2 aliphatic rings. The first-order valence-electron chi connectivity index (χ1n) is 9.79. The lowest BCUT2D eigenvalue weighted by Gasteiger charge is -2.47. The van der Waals surface area contributed by atoms with Crippen LogP contribution in [-0.4, -0.2) is 64.4 Å². The zero-order valence-electron chi connectivity index (χ0n) is 15.8. The van der Waals surface area contributed by atoms with E-state index in [2.05, 4.69) is 20.1 Å². The standard InChI is InChI=1S/C20H27N5O2/c1-21-8-11-24-17-7-10-23(13-15(17)5-6-19(24)26)14-16-12-20(27)25-9-3-2-4-18(25)22-16/h2-4,9,12,15,17,21H,5-8,10-11,13-14H2,1H3/t15-,17+/m0/s1. The van der Waals surface area contributed by atoms with Gasteiger partial charge >= 0.3 is 0 Å². The van der Waals surface area contributed by atoms with Gasteiger partial charge in [0.1, 0.15) is 5.65 Å². The zero-order valence-corrected chi connectivity index (χ0v) is 15.8. The Morgan fingerprint density at radius 1 is 1.26 bits per heavy atom. The molecule has 0 radical (unpaired) electrons. The van der Waals surface area contributed by atoms with E-state index in [-0.39, 0.29) is 5.56 Å². The molecule has 2 fully saturated rings. The summed E-state index contributed by atoms with van der Waals surface area (Å²) in [6.07, 6.45) is 4.35. The van der Waals surface area contributed by atoms with Crippen molar-refractivity contribution in [2.75, 3.05) is 33.2 Å². The number of nitrogens with one attached hydrogen (secondary N) is 1. The summed E-state index contributed by atoms with van der Waals surface area (Å²) >= 11 is 0. The van der Waals surface area contributed by atoms with Crippen LogP contribution in [0.5, 0.6) is 0 Å². The van der Waals surface area contributed by atoms with Crippen LogP contribution in [-0.2, 0) is 11.3 Å². The molecule has 27 heavy (non-hydrogen) atoms. The van der Waals surface area contributed by atoms with Crippen molar-refractivity contribution in [3.63, 3.8) is 0 Å². The fraction of sp³-hybridized carbons (Fsp3) is 0.550. The maximum atomic E-state index is 12.3. The Kier molecular flexibility index (Phi) is 5.22. The Morgan fingerprint density at radius 3 is 3.00 bits per heavy atom. The second-order valence-corrected chi connectivity index (χ2v) is 7.60. The van der Waals surface area contributed by atoms with Gasteiger partial charge in [-0.1, -0.05) is 6.07 Å². The number of hydrogen-bond donors (Lipinski definition) is 1. The lowest BCUT2D eigenvalue weighted by atomic mass is 9.83. The molecule has 0 aliphatic carbocycles. The minimum absolute atomic E-state index is 0.0352. The fourth-order valence-electron chi connectivity index (χ4n) is 4.51. The molecule has 2 saturated heterocycles. The third kappa shape index (κ3) is 3.75. The van der Waals surface area contributed by atoms with E-state index >= 15 is 0 Å². The van der Waals surface area contributed by atoms with Crippen LogP contribution >= 0.6 is 0 Å². The summed E-state index contributed by atoms with van der Waals surface area (Å²) in [4.78, 5) is 33.7. The third-order valence-electron chi connectivity index (χ3n) is 5.84. The monoisotopic (exact) mass is 369 g/mol. The van der Waals surface area contributed by atoms with Gasteiger partial charge in [-0.3, -0.25) is 18.9 Å². The van der Waals surface area contributed by atoms with Gasteiger partial charge in [-0.2, -0.15) is 0 Å². The summed E-state index contributed by atoms with van der Waals surface area (Å²) < 4.78 is 1.57. The average molecular weight is 369 g/mol. The summed E-state index contributed by atoms with van der Waals surface area (Å²) in [7, 11) is 1.92. The number of fused-ring (bicyclic) bond motifs is 2. The van der Waals surface area contributed by atoms with Crippen LogP contribution < -0.4 is 10.9 Å². The van der Waals surface area contributed by atoms with Crippen molar-refractivity contribution in [2.45, 2.75) is 31.8 Å². The highest BCUT2D eigenvalue weighted by Gasteiger charge is 2.38. The molecule has 0 unspecified atom stereocenters. The fourth-order valence-corrected chi connectivity index (χ4v) is 4.51. The number of carbonyl (C=O) groups is 1. The van der Waals surface area contributed by atoms with Gasteiger partial charge in [0, 0.05) is 57.4 Å². The van der Waals surface area contributed by atoms with E-state index in [1.807, 2.05) is 25.2 Å². The highest BCUT2D eigenvalue weighted by molar-refractivity contribution is 5.77. The molecule has 2 aromatic heterocycles. The maximum absolute atomic E-state index is 12.3. The van der Waals surface area contributed by atoms with Gasteiger partial charge in [-0.25, -0.2) is 4.98 Å². The van der Waals surface area contributed by atoms with Crippen molar-refractivity contribution in [1.82, 2.24) is 24.5 Å². The van der Waals surface area contributed by atoms with Gasteiger partial charge in [-0.15, -0.1) is 0 Å². The largest absolute Gasteiger partial charge is 0.338 e. The molecule has 0 spiro atoms. The number of hydrogen-bond acceptors (Lipinski definition) is 5. The predicted molar refractivity (Wildman–Crippen MR) is 104 cm³/mol. The normalized spacial score (nSPS) is 23.6. The van der Waals surface area contributed by atoms with Gasteiger partial charge in [0.15, 0.2) is 0 Å². The van der Waals surface area contributed by atoms with Crippen LogP contribution in [0.25, 0.3) is 5.65 Å². The van der Waals surface area contributed by atoms with Gasteiger partial charge in [-0.05, 0) is 37.9 Å². The Morgan fingerprint density at radius 2 is 2.15 bits per heavy atom. The maximum Gasteiger partial charge on any atom is 0.258 e. The molecule has 0 bridgehead atoms. The van der Waals surface area contributed by atoms with Gasteiger partial charge in [0.2, 0.25) is 5.91 Å². The van der Waals surface area contributed by atoms with Crippen molar-refractivity contribution in [1.29, 1.82) is 0 Å². The Bertz CT molecular complexity index is 880. The number of aromatic nitrogens is 2. The van der Waals surface area contributed by atoms with E-state index in [1.165, 1.54) is 0 Å². The van der Waals surface area contributed by atoms with Crippen LogP contribution in [0.15, 0.2) is 35.3 Å². The number of carbonyl (C=O) groups excluding carboxylic acids is 1. The van der Waals surface area contributed by atoms with E-state index in [0.29, 0.717) is 36.5 Å². The molecule has 7 heteroatoms. The van der Waals surface area contributed by atoms with E-state index in [0.717, 1.165) is 44.7 Å². The third-order valence-corrected chi connectivity index (χ3v) is 5.84. The lowest BCUT2D eigenvalue weighted by Crippen LogP contribution is -2.56. The van der Waals surface area contributed by atoms with Crippen LogP contribution in [0.4, 0.5) is 0 Å². The lowest BCUT2D eigenvalue weighted by molar-refractivity contribution is -0.141. The van der Waals surface area contributed by atoms with E-state index < -0.39 is 0 Å². The van der Waals surface area contributed by atoms with Gasteiger partial charge in [0.05, 0.1) is 5.69 Å². The minimum atomic E-state index is -0.0352. The topological polar surface area (TPSA) is 70.0 Å². The highest BCUT2D eigenvalue weighted by atomic mass is 16.2. The molecule has 0 saturated carbocycles. The summed E-state index contributed by atoms with van der Waals surface area (Å²) in [5, 5.41) is 3.15. The quantitative estimate of drug-likeness (QED) is 0.841. The Hall–Kier alpha value is -2.25. The molecule has 0 aromatic carbocycles. The van der Waals surface area contributed by atoms with Crippen molar-refractivity contribution < 1.29 is 4.79 Å². The molecule has 7 nitrogen and oxygen atoms in total. The molecular formula is C20H27N5O2. The average Bonchev–Trinajstić information content (AvgIpc) is 2.67. The first-order valence-corrected chi connectivity index (χ1v) is 9.79. The number of pyridine rings is 1. The Balaban J connectivity index is 1.46. The second kappa shape index (κ2) is 7.78.